The topological polar surface area (TPSA) is 38.5 Å². The van der Waals surface area contributed by atoms with Gasteiger partial charge < -0.3 is 15.4 Å². The van der Waals surface area contributed by atoms with Crippen molar-refractivity contribution in [2.75, 3.05) is 32.8 Å². The molecule has 0 aromatic heterocycles. The van der Waals surface area contributed by atoms with E-state index in [4.69, 9.17) is 10.5 Å². The van der Waals surface area contributed by atoms with E-state index < -0.39 is 0 Å². The van der Waals surface area contributed by atoms with Crippen LogP contribution >= 0.6 is 12.4 Å². The first-order valence-electron chi connectivity index (χ1n) is 9.46. The molecule has 2 N–H and O–H groups in total. The monoisotopic (exact) mass is 352 g/mol. The van der Waals surface area contributed by atoms with Gasteiger partial charge in [-0.25, -0.2) is 0 Å². The zero-order valence-electron chi connectivity index (χ0n) is 14.7. The lowest BCUT2D eigenvalue weighted by atomic mass is 9.89. The van der Waals surface area contributed by atoms with Crippen molar-refractivity contribution in [3.8, 4) is 0 Å². The van der Waals surface area contributed by atoms with Crippen LogP contribution in [0.2, 0.25) is 0 Å². The lowest BCUT2D eigenvalue weighted by molar-refractivity contribution is 0.0315. The third-order valence-corrected chi connectivity index (χ3v) is 5.61. The molecule has 1 aliphatic carbocycles. The lowest BCUT2D eigenvalue weighted by Gasteiger charge is -2.19. The molecule has 1 aromatic carbocycles. The molecule has 24 heavy (non-hydrogen) atoms. The lowest BCUT2D eigenvalue weighted by Crippen LogP contribution is -2.28. The minimum Gasteiger partial charge on any atom is -0.377 e. The van der Waals surface area contributed by atoms with Gasteiger partial charge in [-0.15, -0.1) is 12.4 Å². The highest BCUT2D eigenvalue weighted by Crippen LogP contribution is 2.31. The van der Waals surface area contributed by atoms with E-state index in [-0.39, 0.29) is 12.4 Å². The molecule has 0 amide bonds. The Hall–Kier alpha value is -0.610. The number of hydrogen-bond donors (Lipinski definition) is 1. The van der Waals surface area contributed by atoms with Gasteiger partial charge in [0.25, 0.3) is 0 Å². The summed E-state index contributed by atoms with van der Waals surface area (Å²) in [5.74, 6) is 1.16. The smallest absolute Gasteiger partial charge is 0.0597 e. The molecule has 1 heterocycles. The summed E-state index contributed by atoms with van der Waals surface area (Å²) in [6, 6.07) is 10.9. The molecule has 136 valence electrons. The van der Waals surface area contributed by atoms with Crippen molar-refractivity contribution in [1.29, 1.82) is 0 Å². The Morgan fingerprint density at radius 1 is 1.00 bits per heavy atom. The molecule has 4 heteroatoms. The van der Waals surface area contributed by atoms with Gasteiger partial charge in [0.15, 0.2) is 0 Å². The quantitative estimate of drug-likeness (QED) is 0.791. The van der Waals surface area contributed by atoms with Gasteiger partial charge in [-0.2, -0.15) is 0 Å². The molecule has 3 rings (SSSR count). The first kappa shape index (κ1) is 19.7. The van der Waals surface area contributed by atoms with E-state index in [9.17, 15) is 0 Å². The van der Waals surface area contributed by atoms with Crippen LogP contribution in [0.5, 0.6) is 0 Å². The number of benzene rings is 1. The Morgan fingerprint density at radius 2 is 1.71 bits per heavy atom. The van der Waals surface area contributed by atoms with Crippen molar-refractivity contribution >= 4 is 12.4 Å². The Kier molecular flexibility index (Phi) is 8.54. The molecule has 1 aromatic rings. The van der Waals surface area contributed by atoms with Gasteiger partial charge in [0.2, 0.25) is 0 Å². The number of likely N-dealkylation sites (tertiary alicyclic amines) is 1. The summed E-state index contributed by atoms with van der Waals surface area (Å²) in [5, 5.41) is 0. The summed E-state index contributed by atoms with van der Waals surface area (Å²) < 4.78 is 6.16. The molecule has 2 atom stereocenters. The summed E-state index contributed by atoms with van der Waals surface area (Å²) in [6.45, 7) is 4.95. The van der Waals surface area contributed by atoms with Gasteiger partial charge in [-0.05, 0) is 30.9 Å². The van der Waals surface area contributed by atoms with Crippen molar-refractivity contribution in [3.63, 3.8) is 0 Å². The molecule has 1 saturated carbocycles. The zero-order valence-corrected chi connectivity index (χ0v) is 15.6. The van der Waals surface area contributed by atoms with Gasteiger partial charge in [-0.1, -0.05) is 56.0 Å². The molecule has 0 spiro atoms. The molecule has 1 aliphatic heterocycles. The van der Waals surface area contributed by atoms with Crippen molar-refractivity contribution in [3.05, 3.63) is 35.9 Å². The Bertz CT molecular complexity index is 448. The SMILES string of the molecule is Cl.NC[C@@H]1CN(CCOC2CCCCCC2)C[C@H]1c1ccccc1. The molecule has 2 fully saturated rings. The number of nitrogens with zero attached hydrogens (tertiary/aromatic N) is 1. The van der Waals surface area contributed by atoms with E-state index in [1.54, 1.807) is 0 Å². The highest BCUT2D eigenvalue weighted by molar-refractivity contribution is 5.85. The van der Waals surface area contributed by atoms with E-state index in [0.29, 0.717) is 17.9 Å². The number of rotatable bonds is 6. The second-order valence-corrected chi connectivity index (χ2v) is 7.26. The summed E-state index contributed by atoms with van der Waals surface area (Å²) in [5.41, 5.74) is 7.47. The molecule has 3 nitrogen and oxygen atoms in total. The highest BCUT2D eigenvalue weighted by Gasteiger charge is 2.32. The second-order valence-electron chi connectivity index (χ2n) is 7.26. The predicted octanol–water partition coefficient (Wildman–Crippen LogP) is 3.82. The number of halogens is 1. The van der Waals surface area contributed by atoms with Crippen LogP contribution in [-0.4, -0.2) is 43.8 Å². The summed E-state index contributed by atoms with van der Waals surface area (Å²) in [4.78, 5) is 2.55. The Morgan fingerprint density at radius 3 is 2.38 bits per heavy atom. The first-order chi connectivity index (χ1) is 11.4. The van der Waals surface area contributed by atoms with E-state index in [2.05, 4.69) is 35.2 Å². The van der Waals surface area contributed by atoms with Crippen LogP contribution in [0.15, 0.2) is 30.3 Å². The van der Waals surface area contributed by atoms with Crippen molar-refractivity contribution in [1.82, 2.24) is 4.90 Å². The second kappa shape index (κ2) is 10.4. The van der Waals surface area contributed by atoms with Crippen molar-refractivity contribution < 1.29 is 4.74 Å². The molecule has 0 unspecified atom stereocenters. The number of hydrogen-bond acceptors (Lipinski definition) is 3. The molecular weight excluding hydrogens is 320 g/mol. The third kappa shape index (κ3) is 5.45. The fourth-order valence-electron chi connectivity index (χ4n) is 4.22. The average Bonchev–Trinajstić information content (AvgIpc) is 2.83. The minimum atomic E-state index is 0. The van der Waals surface area contributed by atoms with Crippen LogP contribution in [-0.2, 0) is 4.74 Å². The van der Waals surface area contributed by atoms with Crippen LogP contribution in [0.1, 0.15) is 50.0 Å². The van der Waals surface area contributed by atoms with E-state index in [1.807, 2.05) is 0 Å². The van der Waals surface area contributed by atoms with Gasteiger partial charge >= 0.3 is 0 Å². The molecule has 1 saturated heterocycles. The van der Waals surface area contributed by atoms with Crippen molar-refractivity contribution in [2.24, 2.45) is 11.7 Å². The summed E-state index contributed by atoms with van der Waals surface area (Å²) in [6.07, 6.45) is 8.51. The Labute approximate surface area is 153 Å². The van der Waals surface area contributed by atoms with E-state index >= 15 is 0 Å². The Balaban J connectivity index is 0.00000208. The summed E-state index contributed by atoms with van der Waals surface area (Å²) >= 11 is 0. The minimum absolute atomic E-state index is 0. The van der Waals surface area contributed by atoms with Crippen LogP contribution in [0.3, 0.4) is 0 Å². The third-order valence-electron chi connectivity index (χ3n) is 5.61. The van der Waals surface area contributed by atoms with E-state index in [1.165, 1.54) is 44.1 Å². The standard InChI is InChI=1S/C20H32N2O.ClH/c21-14-18-15-22(16-20(18)17-8-4-3-5-9-17)12-13-23-19-10-6-1-2-7-11-19;/h3-5,8-9,18-20H,1-2,6-7,10-16,21H2;1H/t18-,20+;/m1./s1. The molecular formula is C20H33ClN2O. The average molecular weight is 353 g/mol. The number of nitrogens with two attached hydrogens (primary N) is 1. The first-order valence-corrected chi connectivity index (χ1v) is 9.46. The zero-order chi connectivity index (χ0) is 15.9. The van der Waals surface area contributed by atoms with Gasteiger partial charge in [0.05, 0.1) is 12.7 Å². The fourth-order valence-corrected chi connectivity index (χ4v) is 4.22. The maximum Gasteiger partial charge on any atom is 0.0597 e. The molecule has 2 aliphatic rings. The molecule has 0 radical (unpaired) electrons. The normalized spacial score (nSPS) is 26.0. The predicted molar refractivity (Wildman–Crippen MR) is 103 cm³/mol. The fraction of sp³-hybridized carbons (Fsp3) is 0.700. The summed E-state index contributed by atoms with van der Waals surface area (Å²) in [7, 11) is 0. The van der Waals surface area contributed by atoms with Gasteiger partial charge in [-0.3, -0.25) is 0 Å². The van der Waals surface area contributed by atoms with Crippen LogP contribution in [0.4, 0.5) is 0 Å². The molecule has 0 bridgehead atoms. The van der Waals surface area contributed by atoms with Gasteiger partial charge in [0.1, 0.15) is 0 Å². The van der Waals surface area contributed by atoms with Crippen molar-refractivity contribution in [2.45, 2.75) is 50.5 Å². The largest absolute Gasteiger partial charge is 0.377 e. The van der Waals surface area contributed by atoms with Crippen LogP contribution in [0, 0.1) is 5.92 Å². The maximum atomic E-state index is 6.16. The highest BCUT2D eigenvalue weighted by atomic mass is 35.5. The van der Waals surface area contributed by atoms with Crippen LogP contribution in [0.25, 0.3) is 0 Å². The van der Waals surface area contributed by atoms with Crippen LogP contribution < -0.4 is 5.73 Å². The van der Waals surface area contributed by atoms with E-state index in [0.717, 1.165) is 32.8 Å². The maximum absolute atomic E-state index is 6.16. The number of ether oxygens (including phenoxy) is 1. The van der Waals surface area contributed by atoms with Gasteiger partial charge in [0, 0.05) is 25.6 Å².